The lowest BCUT2D eigenvalue weighted by atomic mass is 10.1. The Morgan fingerprint density at radius 1 is 1.07 bits per heavy atom. The summed E-state index contributed by atoms with van der Waals surface area (Å²) < 4.78 is 34.3. The molecule has 0 saturated heterocycles. The van der Waals surface area contributed by atoms with Crippen LogP contribution >= 0.6 is 0 Å². The number of aromatic nitrogens is 1. The Hall–Kier alpha value is -3.13. The zero-order valence-corrected chi connectivity index (χ0v) is 16.3. The van der Waals surface area contributed by atoms with Crippen LogP contribution in [-0.2, 0) is 9.84 Å². The molecule has 0 bridgehead atoms. The van der Waals surface area contributed by atoms with Crippen LogP contribution in [0.5, 0.6) is 5.75 Å². The maximum absolute atomic E-state index is 12.3. The van der Waals surface area contributed by atoms with Gasteiger partial charge in [0, 0.05) is 17.3 Å². The predicted molar refractivity (Wildman–Crippen MR) is 105 cm³/mol. The van der Waals surface area contributed by atoms with Crippen molar-refractivity contribution in [3.63, 3.8) is 0 Å². The van der Waals surface area contributed by atoms with Gasteiger partial charge in [-0.1, -0.05) is 12.1 Å². The van der Waals surface area contributed by atoms with E-state index in [4.69, 9.17) is 9.26 Å². The maximum atomic E-state index is 12.3. The molecule has 7 nitrogen and oxygen atoms in total. The van der Waals surface area contributed by atoms with Crippen molar-refractivity contribution in [2.75, 3.05) is 17.7 Å². The normalized spacial score (nSPS) is 11.2. The summed E-state index contributed by atoms with van der Waals surface area (Å²) in [5.74, 6) is 0.712. The van der Waals surface area contributed by atoms with Crippen molar-refractivity contribution >= 4 is 21.4 Å². The molecule has 28 heavy (non-hydrogen) atoms. The average molecular weight is 400 g/mol. The number of hydrogen-bond acceptors (Lipinski definition) is 6. The van der Waals surface area contributed by atoms with Gasteiger partial charge in [0.1, 0.15) is 5.75 Å². The molecule has 0 fully saturated rings. The lowest BCUT2D eigenvalue weighted by molar-refractivity contribution is 0.101. The van der Waals surface area contributed by atoms with E-state index in [-0.39, 0.29) is 16.3 Å². The minimum Gasteiger partial charge on any atom is -0.494 e. The smallest absolute Gasteiger partial charge is 0.277 e. The van der Waals surface area contributed by atoms with Crippen LogP contribution in [-0.4, -0.2) is 31.8 Å². The van der Waals surface area contributed by atoms with Crippen molar-refractivity contribution in [2.24, 2.45) is 0 Å². The Kier molecular flexibility index (Phi) is 5.79. The summed E-state index contributed by atoms with van der Waals surface area (Å²) in [5.41, 5.74) is 1.35. The van der Waals surface area contributed by atoms with E-state index in [1.165, 1.54) is 18.2 Å². The summed E-state index contributed by atoms with van der Waals surface area (Å²) in [4.78, 5) is 12.6. The van der Waals surface area contributed by atoms with Crippen LogP contribution in [0.25, 0.3) is 11.3 Å². The molecule has 0 unspecified atom stereocenters. The standard InChI is InChI=1S/C20H20N2O5S/c1-3-26-16-9-7-15(8-10-16)21-20(23)18-13-19(27-22-18)14-5-11-17(12-6-14)28(24,25)4-2/h5-13H,3-4H2,1-2H3,(H,21,23). The van der Waals surface area contributed by atoms with Gasteiger partial charge in [0.2, 0.25) is 0 Å². The Balaban J connectivity index is 1.71. The third-order valence-corrected chi connectivity index (χ3v) is 5.79. The van der Waals surface area contributed by atoms with Gasteiger partial charge >= 0.3 is 0 Å². The van der Waals surface area contributed by atoms with Gasteiger partial charge in [0.25, 0.3) is 5.91 Å². The maximum Gasteiger partial charge on any atom is 0.277 e. The van der Waals surface area contributed by atoms with Crippen LogP contribution < -0.4 is 10.1 Å². The average Bonchev–Trinajstić information content (AvgIpc) is 3.20. The number of carbonyl (C=O) groups excluding carboxylic acids is 1. The molecule has 1 amide bonds. The summed E-state index contributed by atoms with van der Waals surface area (Å²) in [5, 5.41) is 6.53. The summed E-state index contributed by atoms with van der Waals surface area (Å²) in [6.45, 7) is 4.06. The molecule has 0 atom stereocenters. The van der Waals surface area contributed by atoms with E-state index in [2.05, 4.69) is 10.5 Å². The first-order valence-corrected chi connectivity index (χ1v) is 10.4. The van der Waals surface area contributed by atoms with Gasteiger partial charge in [-0.25, -0.2) is 8.42 Å². The third kappa shape index (κ3) is 4.40. The quantitative estimate of drug-likeness (QED) is 0.648. The number of carbonyl (C=O) groups is 1. The second-order valence-electron chi connectivity index (χ2n) is 5.92. The Morgan fingerprint density at radius 2 is 1.75 bits per heavy atom. The van der Waals surface area contributed by atoms with E-state index in [1.807, 2.05) is 6.92 Å². The van der Waals surface area contributed by atoms with Crippen LogP contribution in [0.4, 0.5) is 5.69 Å². The van der Waals surface area contributed by atoms with Crippen LogP contribution in [0.15, 0.2) is 64.0 Å². The number of amides is 1. The molecule has 0 radical (unpaired) electrons. The summed E-state index contributed by atoms with van der Waals surface area (Å²) in [6.07, 6.45) is 0. The van der Waals surface area contributed by atoms with Crippen molar-refractivity contribution in [3.05, 3.63) is 60.3 Å². The van der Waals surface area contributed by atoms with Gasteiger partial charge in [-0.3, -0.25) is 4.79 Å². The van der Waals surface area contributed by atoms with Gasteiger partial charge < -0.3 is 14.6 Å². The molecular formula is C20H20N2O5S. The van der Waals surface area contributed by atoms with Gasteiger partial charge in [-0.05, 0) is 55.5 Å². The molecule has 1 N–H and O–H groups in total. The van der Waals surface area contributed by atoms with E-state index in [0.29, 0.717) is 23.6 Å². The fourth-order valence-corrected chi connectivity index (χ4v) is 3.39. The second-order valence-corrected chi connectivity index (χ2v) is 8.19. The number of hydrogen-bond donors (Lipinski definition) is 1. The summed E-state index contributed by atoms with van der Waals surface area (Å²) in [6, 6.07) is 14.8. The van der Waals surface area contributed by atoms with Crippen molar-refractivity contribution < 1.29 is 22.5 Å². The number of nitrogens with one attached hydrogen (secondary N) is 1. The van der Waals surface area contributed by atoms with Crippen LogP contribution in [0.1, 0.15) is 24.3 Å². The third-order valence-electron chi connectivity index (χ3n) is 4.04. The highest BCUT2D eigenvalue weighted by molar-refractivity contribution is 7.91. The first-order valence-electron chi connectivity index (χ1n) is 8.77. The molecular weight excluding hydrogens is 380 g/mol. The SMILES string of the molecule is CCOc1ccc(NC(=O)c2cc(-c3ccc(S(=O)(=O)CC)cc3)on2)cc1. The lowest BCUT2D eigenvalue weighted by Gasteiger charge is -2.05. The first-order chi connectivity index (χ1) is 13.4. The number of rotatable bonds is 7. The van der Waals surface area contributed by atoms with E-state index in [1.54, 1.807) is 43.3 Å². The predicted octanol–water partition coefficient (Wildman–Crippen LogP) is 3.79. The molecule has 0 saturated carbocycles. The van der Waals surface area contributed by atoms with Crippen molar-refractivity contribution in [1.29, 1.82) is 0 Å². The van der Waals surface area contributed by atoms with Gasteiger partial charge in [-0.15, -0.1) is 0 Å². The Morgan fingerprint density at radius 3 is 2.36 bits per heavy atom. The number of benzene rings is 2. The first kappa shape index (κ1) is 19.6. The Bertz CT molecular complexity index is 1050. The van der Waals surface area contributed by atoms with Crippen molar-refractivity contribution in [3.8, 4) is 17.1 Å². The second kappa shape index (κ2) is 8.26. The van der Waals surface area contributed by atoms with Crippen LogP contribution in [0, 0.1) is 0 Å². The van der Waals surface area contributed by atoms with Crippen LogP contribution in [0.3, 0.4) is 0 Å². The molecule has 0 aliphatic heterocycles. The minimum absolute atomic E-state index is 0.0323. The monoisotopic (exact) mass is 400 g/mol. The lowest BCUT2D eigenvalue weighted by Crippen LogP contribution is -2.12. The highest BCUT2D eigenvalue weighted by Crippen LogP contribution is 2.23. The van der Waals surface area contributed by atoms with E-state index >= 15 is 0 Å². The molecule has 2 aromatic carbocycles. The molecule has 0 aliphatic rings. The zero-order valence-electron chi connectivity index (χ0n) is 15.5. The highest BCUT2D eigenvalue weighted by Gasteiger charge is 2.16. The zero-order chi connectivity index (χ0) is 20.1. The number of ether oxygens (including phenoxy) is 1. The molecule has 1 aromatic heterocycles. The fourth-order valence-electron chi connectivity index (χ4n) is 2.51. The molecule has 1 heterocycles. The number of nitrogens with zero attached hydrogens (tertiary/aromatic N) is 1. The topological polar surface area (TPSA) is 98.5 Å². The van der Waals surface area contributed by atoms with Gasteiger partial charge in [0.15, 0.2) is 21.3 Å². The molecule has 146 valence electrons. The number of sulfone groups is 1. The molecule has 8 heteroatoms. The van der Waals surface area contributed by atoms with Crippen molar-refractivity contribution in [2.45, 2.75) is 18.7 Å². The molecule has 3 rings (SSSR count). The van der Waals surface area contributed by atoms with E-state index in [0.717, 1.165) is 5.75 Å². The molecule has 3 aromatic rings. The van der Waals surface area contributed by atoms with Gasteiger partial charge in [-0.2, -0.15) is 0 Å². The van der Waals surface area contributed by atoms with Crippen LogP contribution in [0.2, 0.25) is 0 Å². The fraction of sp³-hybridized carbons (Fsp3) is 0.200. The van der Waals surface area contributed by atoms with E-state index in [9.17, 15) is 13.2 Å². The van der Waals surface area contributed by atoms with Gasteiger partial charge in [0.05, 0.1) is 17.3 Å². The summed E-state index contributed by atoms with van der Waals surface area (Å²) in [7, 11) is -3.27. The highest BCUT2D eigenvalue weighted by atomic mass is 32.2. The largest absolute Gasteiger partial charge is 0.494 e. The molecule has 0 spiro atoms. The Labute approximate surface area is 163 Å². The minimum atomic E-state index is -3.27. The summed E-state index contributed by atoms with van der Waals surface area (Å²) >= 11 is 0. The molecule has 0 aliphatic carbocycles. The van der Waals surface area contributed by atoms with E-state index < -0.39 is 15.7 Å². The number of anilines is 1. The van der Waals surface area contributed by atoms with Crippen molar-refractivity contribution in [1.82, 2.24) is 5.16 Å².